The van der Waals surface area contributed by atoms with Gasteiger partial charge >= 0.3 is 24.1 Å². The van der Waals surface area contributed by atoms with Crippen LogP contribution < -0.4 is 5.32 Å². The van der Waals surface area contributed by atoms with Gasteiger partial charge in [-0.25, -0.2) is 4.98 Å². The summed E-state index contributed by atoms with van der Waals surface area (Å²) in [5, 5.41) is 11.4. The molecule has 2 heterocycles. The van der Waals surface area contributed by atoms with Gasteiger partial charge in [0.05, 0.1) is 31.6 Å². The van der Waals surface area contributed by atoms with Crippen LogP contribution in [-0.4, -0.2) is 77.2 Å². The van der Waals surface area contributed by atoms with Crippen LogP contribution in [0.4, 0.5) is 19.0 Å². The van der Waals surface area contributed by atoms with Crippen molar-refractivity contribution >= 4 is 23.7 Å². The Labute approximate surface area is 192 Å². The van der Waals surface area contributed by atoms with Gasteiger partial charge in [0.2, 0.25) is 0 Å². The van der Waals surface area contributed by atoms with Gasteiger partial charge in [0, 0.05) is 26.9 Å². The summed E-state index contributed by atoms with van der Waals surface area (Å²) in [5.74, 6) is -2.56. The molecule has 2 N–H and O–H groups in total. The van der Waals surface area contributed by atoms with Crippen molar-refractivity contribution in [3.63, 3.8) is 0 Å². The number of hydrogen-bond donors (Lipinski definition) is 2. The molecule has 0 aromatic carbocycles. The minimum atomic E-state index is -4.71. The number of unbranched alkanes of at least 4 members (excludes halogenated alkanes) is 1. The first-order valence-electron chi connectivity index (χ1n) is 10.4. The lowest BCUT2D eigenvalue weighted by Gasteiger charge is -2.41. The molecule has 190 valence electrons. The van der Waals surface area contributed by atoms with Crippen LogP contribution in [0.1, 0.15) is 38.8 Å². The van der Waals surface area contributed by atoms with Gasteiger partial charge in [-0.15, -0.1) is 0 Å². The number of aliphatic carboxylic acids is 1. The molecule has 0 saturated carbocycles. The largest absolute Gasteiger partial charge is 0.481 e. The third kappa shape index (κ3) is 8.74. The topological polar surface area (TPSA) is 146 Å². The number of carbonyl (C=O) groups excluding carboxylic acids is 2. The van der Waals surface area contributed by atoms with E-state index >= 15 is 0 Å². The van der Waals surface area contributed by atoms with E-state index in [1.165, 1.54) is 0 Å². The van der Waals surface area contributed by atoms with E-state index in [1.54, 1.807) is 0 Å². The molecule has 1 aliphatic rings. The average molecular weight is 493 g/mol. The van der Waals surface area contributed by atoms with Crippen molar-refractivity contribution in [2.24, 2.45) is 0 Å². The molecule has 0 spiro atoms. The summed E-state index contributed by atoms with van der Waals surface area (Å²) < 4.78 is 60.8. The number of carboxylic acids is 1. The molecule has 14 heteroatoms. The van der Waals surface area contributed by atoms with Crippen molar-refractivity contribution < 1.29 is 51.6 Å². The molecule has 1 saturated heterocycles. The summed E-state index contributed by atoms with van der Waals surface area (Å²) >= 11 is 0. The minimum Gasteiger partial charge on any atom is -0.481 e. The Morgan fingerprint density at radius 2 is 1.82 bits per heavy atom. The predicted octanol–water partition coefficient (Wildman–Crippen LogP) is 1.81. The number of aromatic nitrogens is 2. The van der Waals surface area contributed by atoms with Gasteiger partial charge in [-0.1, -0.05) is 0 Å². The minimum absolute atomic E-state index is 0.000329. The van der Waals surface area contributed by atoms with Crippen LogP contribution in [0.15, 0.2) is 12.4 Å². The summed E-state index contributed by atoms with van der Waals surface area (Å²) in [7, 11) is 0. The Bertz CT molecular complexity index is 855. The summed E-state index contributed by atoms with van der Waals surface area (Å²) in [4.78, 5) is 41.0. The summed E-state index contributed by atoms with van der Waals surface area (Å²) in [6.45, 7) is 2.30. The molecular weight excluding hydrogens is 467 g/mol. The number of carbonyl (C=O) groups is 3. The summed E-state index contributed by atoms with van der Waals surface area (Å²) in [6, 6.07) is -0.919. The normalized spacial score (nSPS) is 22.6. The molecule has 1 aliphatic heterocycles. The van der Waals surface area contributed by atoms with E-state index in [4.69, 9.17) is 24.1 Å². The average Bonchev–Trinajstić information content (AvgIpc) is 2.73. The Kier molecular flexibility index (Phi) is 9.98. The number of ether oxygens (including phenoxy) is 4. The molecule has 11 nitrogen and oxygen atoms in total. The highest BCUT2D eigenvalue weighted by molar-refractivity contribution is 5.67. The molecule has 4 atom stereocenters. The van der Waals surface area contributed by atoms with E-state index in [0.717, 1.165) is 20.0 Å². The fourth-order valence-corrected chi connectivity index (χ4v) is 3.24. The van der Waals surface area contributed by atoms with Gasteiger partial charge < -0.3 is 29.4 Å². The summed E-state index contributed by atoms with van der Waals surface area (Å²) in [5.41, 5.74) is -1.22. The standard InChI is InChI=1S/C20H26F3N3O8/c1-11(27)33-18-13(25-16-8-24-7-15(26-16)20(21,22)23)9-32-14(19(18)34-12(2)28)10-31-6-4-3-5-17(29)30/h7-8,13-14,18-19H,3-6,9-10H2,1-2H3,(H,25,26)(H,29,30)/t13-,14+,18+,19-/m0/s1. The molecule has 0 radical (unpaired) electrons. The monoisotopic (exact) mass is 493 g/mol. The molecule has 2 rings (SSSR count). The second kappa shape index (κ2) is 12.5. The fourth-order valence-electron chi connectivity index (χ4n) is 3.24. The molecular formula is C20H26F3N3O8. The van der Waals surface area contributed by atoms with Crippen molar-refractivity contribution in [2.75, 3.05) is 25.1 Å². The van der Waals surface area contributed by atoms with Crippen molar-refractivity contribution in [1.82, 2.24) is 9.97 Å². The lowest BCUT2D eigenvalue weighted by Crippen LogP contribution is -2.59. The van der Waals surface area contributed by atoms with Gasteiger partial charge in [0.15, 0.2) is 17.9 Å². The zero-order chi connectivity index (χ0) is 25.3. The maximum absolute atomic E-state index is 13.0. The molecule has 0 unspecified atom stereocenters. The second-order valence-electron chi connectivity index (χ2n) is 7.48. The van der Waals surface area contributed by atoms with Crippen LogP contribution in [0, 0.1) is 0 Å². The van der Waals surface area contributed by atoms with Crippen LogP contribution in [-0.2, 0) is 39.5 Å². The maximum atomic E-state index is 13.0. The van der Waals surface area contributed by atoms with Gasteiger partial charge in [0.1, 0.15) is 11.9 Å². The zero-order valence-electron chi connectivity index (χ0n) is 18.5. The first-order chi connectivity index (χ1) is 16.0. The zero-order valence-corrected chi connectivity index (χ0v) is 18.5. The third-order valence-electron chi connectivity index (χ3n) is 4.65. The third-order valence-corrected chi connectivity index (χ3v) is 4.65. The number of rotatable bonds is 11. The first kappa shape index (κ1) is 27.2. The van der Waals surface area contributed by atoms with Crippen molar-refractivity contribution in [3.05, 3.63) is 18.1 Å². The van der Waals surface area contributed by atoms with E-state index < -0.39 is 54.1 Å². The highest BCUT2D eigenvalue weighted by atomic mass is 19.4. The summed E-state index contributed by atoms with van der Waals surface area (Å²) in [6.07, 6.45) is -5.31. The fraction of sp³-hybridized carbons (Fsp3) is 0.650. The molecule has 1 fully saturated rings. The number of alkyl halides is 3. The van der Waals surface area contributed by atoms with Crippen LogP contribution >= 0.6 is 0 Å². The van der Waals surface area contributed by atoms with Crippen molar-refractivity contribution in [2.45, 2.75) is 63.6 Å². The van der Waals surface area contributed by atoms with Crippen LogP contribution in [0.2, 0.25) is 0 Å². The SMILES string of the molecule is CC(=O)O[C@@H]1[C@H](OC(C)=O)[C@@H](Nc2cncc(C(F)(F)F)n2)CO[C@@H]1COCCCCC(=O)O. The van der Waals surface area contributed by atoms with E-state index in [-0.39, 0.29) is 32.1 Å². The Hall–Kier alpha value is -3.00. The number of nitrogens with one attached hydrogen (secondary N) is 1. The van der Waals surface area contributed by atoms with E-state index in [1.807, 2.05) is 0 Å². The second-order valence-corrected chi connectivity index (χ2v) is 7.48. The van der Waals surface area contributed by atoms with Crippen LogP contribution in [0.25, 0.3) is 0 Å². The molecule has 0 amide bonds. The number of nitrogens with zero attached hydrogens (tertiary/aromatic N) is 2. The highest BCUT2D eigenvalue weighted by Gasteiger charge is 2.45. The number of carboxylic acid groups (broad SMARTS) is 1. The molecule has 0 bridgehead atoms. The van der Waals surface area contributed by atoms with Crippen LogP contribution in [0.5, 0.6) is 0 Å². The number of halogens is 3. The first-order valence-corrected chi connectivity index (χ1v) is 10.4. The molecule has 0 aliphatic carbocycles. The van der Waals surface area contributed by atoms with Crippen molar-refractivity contribution in [1.29, 1.82) is 0 Å². The smallest absolute Gasteiger partial charge is 0.434 e. The molecule has 1 aromatic heterocycles. The quantitative estimate of drug-likeness (QED) is 0.344. The lowest BCUT2D eigenvalue weighted by atomic mass is 9.97. The lowest BCUT2D eigenvalue weighted by molar-refractivity contribution is -0.202. The number of esters is 2. The predicted molar refractivity (Wildman–Crippen MR) is 108 cm³/mol. The Morgan fingerprint density at radius 1 is 1.15 bits per heavy atom. The van der Waals surface area contributed by atoms with E-state index in [2.05, 4.69) is 15.3 Å². The molecule has 34 heavy (non-hydrogen) atoms. The van der Waals surface area contributed by atoms with E-state index in [0.29, 0.717) is 19.0 Å². The Morgan fingerprint density at radius 3 is 2.44 bits per heavy atom. The highest BCUT2D eigenvalue weighted by Crippen LogP contribution is 2.29. The van der Waals surface area contributed by atoms with Gasteiger partial charge in [0.25, 0.3) is 0 Å². The van der Waals surface area contributed by atoms with E-state index in [9.17, 15) is 27.6 Å². The maximum Gasteiger partial charge on any atom is 0.434 e. The number of hydrogen-bond acceptors (Lipinski definition) is 10. The van der Waals surface area contributed by atoms with Gasteiger partial charge in [-0.05, 0) is 12.8 Å². The van der Waals surface area contributed by atoms with Gasteiger partial charge in [-0.3, -0.25) is 19.4 Å². The van der Waals surface area contributed by atoms with Crippen LogP contribution in [0.3, 0.4) is 0 Å². The number of anilines is 1. The molecule has 1 aromatic rings. The van der Waals surface area contributed by atoms with Gasteiger partial charge in [-0.2, -0.15) is 13.2 Å². The Balaban J connectivity index is 2.13. The van der Waals surface area contributed by atoms with Crippen molar-refractivity contribution in [3.8, 4) is 0 Å².